The highest BCUT2D eigenvalue weighted by Crippen LogP contribution is 2.31. The Bertz CT molecular complexity index is 366. The smallest absolute Gasteiger partial charge is 0.0317 e. The van der Waals surface area contributed by atoms with Crippen molar-refractivity contribution in [1.29, 1.82) is 0 Å². The maximum absolute atomic E-state index is 3.51. The van der Waals surface area contributed by atoms with Gasteiger partial charge in [-0.15, -0.1) is 0 Å². The molecule has 2 rings (SSSR count). The zero-order valence-corrected chi connectivity index (χ0v) is 12.6. The fraction of sp³-hybridized carbons (Fsp3) is 0.667. The number of aryl methyl sites for hydroxylation is 1. The zero-order valence-electron chi connectivity index (χ0n) is 12.6. The molecule has 1 aromatic carbocycles. The van der Waals surface area contributed by atoms with Crippen molar-refractivity contribution in [3.63, 3.8) is 0 Å². The second kappa shape index (κ2) is 7.69. The van der Waals surface area contributed by atoms with Crippen LogP contribution in [-0.4, -0.2) is 7.05 Å². The molecule has 0 aliphatic heterocycles. The highest BCUT2D eigenvalue weighted by atomic mass is 14.9. The third kappa shape index (κ3) is 4.35. The van der Waals surface area contributed by atoms with Crippen LogP contribution in [0.4, 0.5) is 0 Å². The standard InChI is InChI=1S/C18H29N/c1-3-7-16-10-6-11-17(14-16)18(19-2)13-12-15-8-4-5-9-15/h6,10-11,14-15,18-19H,3-5,7-9,12-13H2,1-2H3. The second-order valence-electron chi connectivity index (χ2n) is 6.06. The number of benzene rings is 1. The van der Waals surface area contributed by atoms with Gasteiger partial charge in [-0.3, -0.25) is 0 Å². The second-order valence-corrected chi connectivity index (χ2v) is 6.06. The molecule has 0 saturated heterocycles. The average Bonchev–Trinajstić information content (AvgIpc) is 2.94. The summed E-state index contributed by atoms with van der Waals surface area (Å²) >= 11 is 0. The Morgan fingerprint density at radius 3 is 2.74 bits per heavy atom. The van der Waals surface area contributed by atoms with E-state index in [-0.39, 0.29) is 0 Å². The topological polar surface area (TPSA) is 12.0 Å². The summed E-state index contributed by atoms with van der Waals surface area (Å²) in [7, 11) is 2.10. The van der Waals surface area contributed by atoms with Crippen LogP contribution in [0.25, 0.3) is 0 Å². The molecule has 1 nitrogen and oxygen atoms in total. The van der Waals surface area contributed by atoms with E-state index >= 15 is 0 Å². The monoisotopic (exact) mass is 259 g/mol. The van der Waals surface area contributed by atoms with Gasteiger partial charge in [0.25, 0.3) is 0 Å². The van der Waals surface area contributed by atoms with E-state index in [2.05, 4.69) is 43.6 Å². The van der Waals surface area contributed by atoms with Gasteiger partial charge in [0.15, 0.2) is 0 Å². The Balaban J connectivity index is 1.93. The van der Waals surface area contributed by atoms with Gasteiger partial charge < -0.3 is 5.32 Å². The Kier molecular flexibility index (Phi) is 5.91. The van der Waals surface area contributed by atoms with Crippen LogP contribution in [-0.2, 0) is 6.42 Å². The van der Waals surface area contributed by atoms with E-state index in [1.807, 2.05) is 0 Å². The predicted octanol–water partition coefficient (Wildman–Crippen LogP) is 4.87. The third-order valence-electron chi connectivity index (χ3n) is 4.58. The molecular formula is C18H29N. The van der Waals surface area contributed by atoms with E-state index in [4.69, 9.17) is 0 Å². The molecule has 0 amide bonds. The highest BCUT2D eigenvalue weighted by molar-refractivity contribution is 5.26. The van der Waals surface area contributed by atoms with Gasteiger partial charge in [-0.25, -0.2) is 0 Å². The molecule has 1 unspecified atom stereocenters. The van der Waals surface area contributed by atoms with E-state index in [0.29, 0.717) is 6.04 Å². The maximum atomic E-state index is 3.51. The predicted molar refractivity (Wildman–Crippen MR) is 83.4 cm³/mol. The van der Waals surface area contributed by atoms with Crippen LogP contribution in [0.2, 0.25) is 0 Å². The molecule has 1 atom stereocenters. The van der Waals surface area contributed by atoms with Crippen LogP contribution < -0.4 is 5.32 Å². The van der Waals surface area contributed by atoms with Gasteiger partial charge in [-0.05, 0) is 43.4 Å². The first-order valence-corrected chi connectivity index (χ1v) is 8.09. The molecule has 1 aromatic rings. The molecule has 1 aliphatic rings. The summed E-state index contributed by atoms with van der Waals surface area (Å²) in [5.41, 5.74) is 2.97. The van der Waals surface area contributed by atoms with E-state index in [0.717, 1.165) is 5.92 Å². The van der Waals surface area contributed by atoms with Crippen LogP contribution >= 0.6 is 0 Å². The Morgan fingerprint density at radius 1 is 1.26 bits per heavy atom. The number of rotatable bonds is 7. The largest absolute Gasteiger partial charge is 0.313 e. The Morgan fingerprint density at radius 2 is 2.05 bits per heavy atom. The molecule has 1 fully saturated rings. The molecule has 1 saturated carbocycles. The van der Waals surface area contributed by atoms with Crippen molar-refractivity contribution in [3.05, 3.63) is 35.4 Å². The maximum Gasteiger partial charge on any atom is 0.0317 e. The van der Waals surface area contributed by atoms with E-state index < -0.39 is 0 Å². The van der Waals surface area contributed by atoms with Gasteiger partial charge >= 0.3 is 0 Å². The molecule has 19 heavy (non-hydrogen) atoms. The van der Waals surface area contributed by atoms with E-state index in [1.54, 1.807) is 0 Å². The summed E-state index contributed by atoms with van der Waals surface area (Å²) in [6, 6.07) is 9.71. The first-order chi connectivity index (χ1) is 9.33. The summed E-state index contributed by atoms with van der Waals surface area (Å²) in [6.45, 7) is 2.25. The molecule has 1 N–H and O–H groups in total. The molecule has 0 radical (unpaired) electrons. The first-order valence-electron chi connectivity index (χ1n) is 8.09. The average molecular weight is 259 g/mol. The Labute approximate surface area is 118 Å². The quantitative estimate of drug-likeness (QED) is 0.736. The minimum Gasteiger partial charge on any atom is -0.313 e. The SMILES string of the molecule is CCCc1cccc(C(CCC2CCCC2)NC)c1. The lowest BCUT2D eigenvalue weighted by Crippen LogP contribution is -2.17. The van der Waals surface area contributed by atoms with E-state index in [9.17, 15) is 0 Å². The number of hydrogen-bond acceptors (Lipinski definition) is 1. The number of hydrogen-bond donors (Lipinski definition) is 1. The van der Waals surface area contributed by atoms with Crippen LogP contribution in [0.15, 0.2) is 24.3 Å². The van der Waals surface area contributed by atoms with Crippen molar-refractivity contribution >= 4 is 0 Å². The first kappa shape index (κ1) is 14.6. The molecule has 1 aliphatic carbocycles. The summed E-state index contributed by atoms with van der Waals surface area (Å²) in [5, 5.41) is 3.51. The van der Waals surface area contributed by atoms with Gasteiger partial charge in [0.05, 0.1) is 0 Å². The number of nitrogens with one attached hydrogen (secondary N) is 1. The summed E-state index contributed by atoms with van der Waals surface area (Å²) in [4.78, 5) is 0. The molecule has 0 aromatic heterocycles. The zero-order chi connectivity index (χ0) is 13.5. The van der Waals surface area contributed by atoms with Crippen molar-refractivity contribution in [2.45, 2.75) is 64.3 Å². The summed E-state index contributed by atoms with van der Waals surface area (Å²) < 4.78 is 0. The molecule has 1 heteroatoms. The molecule has 0 spiro atoms. The van der Waals surface area contributed by atoms with Crippen molar-refractivity contribution in [1.82, 2.24) is 5.32 Å². The lowest BCUT2D eigenvalue weighted by atomic mass is 9.93. The fourth-order valence-electron chi connectivity index (χ4n) is 3.43. The molecule has 0 bridgehead atoms. The van der Waals surface area contributed by atoms with Gasteiger partial charge in [0.1, 0.15) is 0 Å². The minimum absolute atomic E-state index is 0.539. The lowest BCUT2D eigenvalue weighted by molar-refractivity contribution is 0.427. The highest BCUT2D eigenvalue weighted by Gasteiger charge is 2.17. The van der Waals surface area contributed by atoms with Crippen molar-refractivity contribution in [3.8, 4) is 0 Å². The fourth-order valence-corrected chi connectivity index (χ4v) is 3.43. The minimum atomic E-state index is 0.539. The van der Waals surface area contributed by atoms with Crippen LogP contribution in [0, 0.1) is 5.92 Å². The van der Waals surface area contributed by atoms with Crippen LogP contribution in [0.1, 0.15) is 69.0 Å². The van der Waals surface area contributed by atoms with Crippen LogP contribution in [0.5, 0.6) is 0 Å². The molecule has 0 heterocycles. The van der Waals surface area contributed by atoms with Gasteiger partial charge in [-0.2, -0.15) is 0 Å². The van der Waals surface area contributed by atoms with E-state index in [1.165, 1.54) is 62.5 Å². The lowest BCUT2D eigenvalue weighted by Gasteiger charge is -2.19. The van der Waals surface area contributed by atoms with Gasteiger partial charge in [0, 0.05) is 6.04 Å². The summed E-state index contributed by atoms with van der Waals surface area (Å²) in [6.07, 6.45) is 11.0. The van der Waals surface area contributed by atoms with Gasteiger partial charge in [0.2, 0.25) is 0 Å². The normalized spacial score (nSPS) is 17.8. The Hall–Kier alpha value is -0.820. The van der Waals surface area contributed by atoms with Crippen molar-refractivity contribution in [2.75, 3.05) is 7.05 Å². The molecule has 106 valence electrons. The van der Waals surface area contributed by atoms with Crippen molar-refractivity contribution < 1.29 is 0 Å². The molecular weight excluding hydrogens is 230 g/mol. The summed E-state index contributed by atoms with van der Waals surface area (Å²) in [5.74, 6) is 0.995. The van der Waals surface area contributed by atoms with Gasteiger partial charge in [-0.1, -0.05) is 63.3 Å². The van der Waals surface area contributed by atoms with Crippen molar-refractivity contribution in [2.24, 2.45) is 5.92 Å². The third-order valence-corrected chi connectivity index (χ3v) is 4.58. The van der Waals surface area contributed by atoms with Crippen LogP contribution in [0.3, 0.4) is 0 Å².